The van der Waals surface area contributed by atoms with Gasteiger partial charge in [-0.05, 0) is 56.8 Å². The van der Waals surface area contributed by atoms with Crippen molar-refractivity contribution in [1.82, 2.24) is 4.90 Å². The summed E-state index contributed by atoms with van der Waals surface area (Å²) in [5.41, 5.74) is 8.16. The first-order valence-electron chi connectivity index (χ1n) is 8.32. The topological polar surface area (TPSA) is 55.6 Å². The highest BCUT2D eigenvalue weighted by Crippen LogP contribution is 2.33. The molecule has 2 N–H and O–H groups in total. The van der Waals surface area contributed by atoms with Crippen LogP contribution in [0.5, 0.6) is 5.75 Å². The number of aryl methyl sites for hydroxylation is 1. The Bertz CT molecular complexity index is 534. The van der Waals surface area contributed by atoms with E-state index in [1.165, 1.54) is 11.1 Å². The van der Waals surface area contributed by atoms with Crippen molar-refractivity contribution in [2.75, 3.05) is 6.54 Å². The molecule has 23 heavy (non-hydrogen) atoms. The van der Waals surface area contributed by atoms with Crippen molar-refractivity contribution in [3.8, 4) is 5.75 Å². The summed E-state index contributed by atoms with van der Waals surface area (Å²) in [5, 5.41) is 0. The van der Waals surface area contributed by atoms with Gasteiger partial charge in [0.15, 0.2) is 6.10 Å². The second kappa shape index (κ2) is 8.55. The lowest BCUT2D eigenvalue weighted by Gasteiger charge is -2.41. The van der Waals surface area contributed by atoms with Gasteiger partial charge in [0.05, 0.1) is 6.04 Å². The van der Waals surface area contributed by atoms with E-state index in [0.717, 1.165) is 31.6 Å². The Kier molecular flexibility index (Phi) is 7.36. The number of nitrogens with zero attached hydrogens (tertiary/aromatic N) is 1. The van der Waals surface area contributed by atoms with Crippen molar-refractivity contribution in [3.63, 3.8) is 0 Å². The third kappa shape index (κ3) is 4.18. The van der Waals surface area contributed by atoms with Gasteiger partial charge in [-0.3, -0.25) is 9.69 Å². The average molecular weight is 341 g/mol. The SMILES string of the molecule is CCCN(C(C)C)C1Cc2c(CC)cccc2OC1C(N)=O.Cl. The summed E-state index contributed by atoms with van der Waals surface area (Å²) in [5.74, 6) is 0.443. The van der Waals surface area contributed by atoms with Gasteiger partial charge in [0.25, 0.3) is 5.91 Å². The Hall–Kier alpha value is -1.26. The molecule has 0 aromatic heterocycles. The minimum atomic E-state index is -0.575. The minimum absolute atomic E-state index is 0. The lowest BCUT2D eigenvalue weighted by atomic mass is 9.90. The maximum absolute atomic E-state index is 11.9. The number of benzene rings is 1. The van der Waals surface area contributed by atoms with E-state index in [-0.39, 0.29) is 24.4 Å². The van der Waals surface area contributed by atoms with Crippen LogP contribution in [0, 0.1) is 0 Å². The lowest BCUT2D eigenvalue weighted by molar-refractivity contribution is -0.129. The summed E-state index contributed by atoms with van der Waals surface area (Å²) in [6.07, 6.45) is 2.26. The van der Waals surface area contributed by atoms with Crippen molar-refractivity contribution >= 4 is 18.3 Å². The number of hydrogen-bond donors (Lipinski definition) is 1. The molecule has 130 valence electrons. The van der Waals surface area contributed by atoms with Gasteiger partial charge in [-0.2, -0.15) is 0 Å². The molecule has 5 heteroatoms. The molecule has 1 aromatic carbocycles. The molecule has 1 heterocycles. The molecule has 0 saturated heterocycles. The van der Waals surface area contributed by atoms with E-state index in [0.29, 0.717) is 6.04 Å². The van der Waals surface area contributed by atoms with E-state index >= 15 is 0 Å². The smallest absolute Gasteiger partial charge is 0.260 e. The van der Waals surface area contributed by atoms with Crippen molar-refractivity contribution in [2.45, 2.75) is 65.1 Å². The summed E-state index contributed by atoms with van der Waals surface area (Å²) in [6, 6.07) is 6.44. The zero-order valence-corrected chi connectivity index (χ0v) is 15.4. The number of halogens is 1. The molecule has 1 aliphatic heterocycles. The van der Waals surface area contributed by atoms with Crippen molar-refractivity contribution < 1.29 is 9.53 Å². The monoisotopic (exact) mass is 340 g/mol. The highest BCUT2D eigenvalue weighted by Gasteiger charge is 2.39. The van der Waals surface area contributed by atoms with Crippen LogP contribution in [-0.4, -0.2) is 35.5 Å². The first kappa shape index (κ1) is 19.8. The quantitative estimate of drug-likeness (QED) is 0.866. The van der Waals surface area contributed by atoms with Gasteiger partial charge in [-0.25, -0.2) is 0 Å². The first-order chi connectivity index (χ1) is 10.5. The fourth-order valence-corrected chi connectivity index (χ4v) is 3.42. The van der Waals surface area contributed by atoms with E-state index in [9.17, 15) is 4.79 Å². The van der Waals surface area contributed by atoms with Crippen LogP contribution in [0.3, 0.4) is 0 Å². The molecule has 2 atom stereocenters. The number of nitrogens with two attached hydrogens (primary N) is 1. The number of amides is 1. The zero-order chi connectivity index (χ0) is 16.3. The number of rotatable bonds is 6. The van der Waals surface area contributed by atoms with E-state index in [4.69, 9.17) is 10.5 Å². The predicted molar refractivity (Wildman–Crippen MR) is 96.3 cm³/mol. The normalized spacial score (nSPS) is 19.9. The van der Waals surface area contributed by atoms with Crippen molar-refractivity contribution in [1.29, 1.82) is 0 Å². The fourth-order valence-electron chi connectivity index (χ4n) is 3.42. The minimum Gasteiger partial charge on any atom is -0.479 e. The fraction of sp³-hybridized carbons (Fsp3) is 0.611. The molecule has 0 bridgehead atoms. The van der Waals surface area contributed by atoms with Gasteiger partial charge < -0.3 is 10.5 Å². The second-order valence-corrected chi connectivity index (χ2v) is 6.29. The van der Waals surface area contributed by atoms with Crippen LogP contribution in [0.4, 0.5) is 0 Å². The van der Waals surface area contributed by atoms with E-state index in [1.54, 1.807) is 0 Å². The standard InChI is InChI=1S/C18H28N2O2.ClH/c1-5-10-20(12(3)4)15-11-14-13(6-2)8-7-9-16(14)22-17(15)18(19)21;/h7-9,12,15,17H,5-6,10-11H2,1-4H3,(H2,19,21);1H. The van der Waals surface area contributed by atoms with Gasteiger partial charge in [-0.1, -0.05) is 26.0 Å². The number of fused-ring (bicyclic) bond motifs is 1. The van der Waals surface area contributed by atoms with E-state index < -0.39 is 6.10 Å². The van der Waals surface area contributed by atoms with Crippen LogP contribution in [-0.2, 0) is 17.6 Å². The zero-order valence-electron chi connectivity index (χ0n) is 14.5. The van der Waals surface area contributed by atoms with E-state index in [2.05, 4.69) is 38.7 Å². The van der Waals surface area contributed by atoms with Gasteiger partial charge in [0.1, 0.15) is 5.75 Å². The largest absolute Gasteiger partial charge is 0.479 e. The van der Waals surface area contributed by atoms with Crippen molar-refractivity contribution in [2.24, 2.45) is 5.73 Å². The maximum atomic E-state index is 11.9. The van der Waals surface area contributed by atoms with Gasteiger partial charge in [0, 0.05) is 6.04 Å². The van der Waals surface area contributed by atoms with Crippen LogP contribution in [0.2, 0.25) is 0 Å². The molecular formula is C18H29ClN2O2. The van der Waals surface area contributed by atoms with Gasteiger partial charge >= 0.3 is 0 Å². The number of hydrogen-bond acceptors (Lipinski definition) is 3. The number of ether oxygens (including phenoxy) is 1. The number of carbonyl (C=O) groups excluding carboxylic acids is 1. The summed E-state index contributed by atoms with van der Waals surface area (Å²) in [4.78, 5) is 14.3. The Morgan fingerprint density at radius 2 is 2.09 bits per heavy atom. The molecular weight excluding hydrogens is 312 g/mol. The molecule has 4 nitrogen and oxygen atoms in total. The molecule has 0 aliphatic carbocycles. The molecule has 0 radical (unpaired) electrons. The lowest BCUT2D eigenvalue weighted by Crippen LogP contribution is -2.57. The Morgan fingerprint density at radius 1 is 1.39 bits per heavy atom. The van der Waals surface area contributed by atoms with Crippen LogP contribution in [0.25, 0.3) is 0 Å². The molecule has 0 fully saturated rings. The Labute approximate surface area is 145 Å². The van der Waals surface area contributed by atoms with Crippen LogP contribution < -0.4 is 10.5 Å². The van der Waals surface area contributed by atoms with Crippen LogP contribution >= 0.6 is 12.4 Å². The predicted octanol–water partition coefficient (Wildman–Crippen LogP) is 2.95. The average Bonchev–Trinajstić information content (AvgIpc) is 2.50. The van der Waals surface area contributed by atoms with Crippen LogP contribution in [0.15, 0.2) is 18.2 Å². The van der Waals surface area contributed by atoms with Crippen LogP contribution in [0.1, 0.15) is 45.2 Å². The van der Waals surface area contributed by atoms with Gasteiger partial charge in [-0.15, -0.1) is 12.4 Å². The Balaban J connectivity index is 0.00000264. The third-order valence-corrected chi connectivity index (χ3v) is 4.48. The molecule has 1 aliphatic rings. The molecule has 0 spiro atoms. The highest BCUT2D eigenvalue weighted by molar-refractivity contribution is 5.85. The summed E-state index contributed by atoms with van der Waals surface area (Å²) < 4.78 is 6.01. The summed E-state index contributed by atoms with van der Waals surface area (Å²) in [7, 11) is 0. The highest BCUT2D eigenvalue weighted by atomic mass is 35.5. The first-order valence-corrected chi connectivity index (χ1v) is 8.32. The molecule has 1 amide bonds. The number of carbonyl (C=O) groups is 1. The molecule has 0 saturated carbocycles. The number of primary amides is 1. The Morgan fingerprint density at radius 3 is 2.61 bits per heavy atom. The van der Waals surface area contributed by atoms with E-state index in [1.807, 2.05) is 12.1 Å². The molecule has 2 rings (SSSR count). The molecule has 2 unspecified atom stereocenters. The summed E-state index contributed by atoms with van der Waals surface area (Å²) in [6.45, 7) is 9.57. The van der Waals surface area contributed by atoms with Gasteiger partial charge in [0.2, 0.25) is 0 Å². The third-order valence-electron chi connectivity index (χ3n) is 4.48. The van der Waals surface area contributed by atoms with Crippen molar-refractivity contribution in [3.05, 3.63) is 29.3 Å². The summed E-state index contributed by atoms with van der Waals surface area (Å²) >= 11 is 0. The molecule has 1 aromatic rings. The second-order valence-electron chi connectivity index (χ2n) is 6.29. The maximum Gasteiger partial charge on any atom is 0.260 e.